The van der Waals surface area contributed by atoms with Gasteiger partial charge in [-0.25, -0.2) is 9.97 Å². The van der Waals surface area contributed by atoms with Gasteiger partial charge in [0.05, 0.1) is 17.8 Å². The summed E-state index contributed by atoms with van der Waals surface area (Å²) < 4.78 is 0. The number of carbonyl (C=O) groups excluding carboxylic acids is 1. The van der Waals surface area contributed by atoms with Crippen molar-refractivity contribution >= 4 is 11.9 Å². The minimum Gasteiger partial charge on any atom is -0.341 e. The second-order valence-electron chi connectivity index (χ2n) is 5.41. The van der Waals surface area contributed by atoms with Crippen LogP contribution in [0.25, 0.3) is 0 Å². The maximum absolute atomic E-state index is 12.3. The van der Waals surface area contributed by atoms with E-state index in [9.17, 15) is 4.79 Å². The van der Waals surface area contributed by atoms with Crippen molar-refractivity contribution in [3.8, 4) is 0 Å². The van der Waals surface area contributed by atoms with E-state index in [0.29, 0.717) is 12.1 Å². The Bertz CT molecular complexity index is 496. The molecule has 0 saturated carbocycles. The van der Waals surface area contributed by atoms with Crippen LogP contribution in [0.5, 0.6) is 0 Å². The number of hydrogen-bond donors (Lipinski definition) is 0. The van der Waals surface area contributed by atoms with Gasteiger partial charge in [-0.15, -0.1) is 0 Å². The maximum Gasteiger partial charge on any atom is 0.257 e. The summed E-state index contributed by atoms with van der Waals surface area (Å²) in [5.41, 5.74) is 1.57. The van der Waals surface area contributed by atoms with Crippen molar-refractivity contribution in [3.63, 3.8) is 0 Å². The first-order valence-corrected chi connectivity index (χ1v) is 7.12. The van der Waals surface area contributed by atoms with Gasteiger partial charge >= 0.3 is 0 Å². The molecule has 5 nitrogen and oxygen atoms in total. The average Bonchev–Trinajstić information content (AvgIpc) is 3.06. The molecule has 2 aliphatic heterocycles. The Hall–Kier alpha value is -1.65. The molecule has 0 radical (unpaired) electrons. The third kappa shape index (κ3) is 2.07. The van der Waals surface area contributed by atoms with E-state index in [1.54, 1.807) is 6.20 Å². The Balaban J connectivity index is 1.86. The quantitative estimate of drug-likeness (QED) is 0.832. The largest absolute Gasteiger partial charge is 0.341 e. The molecule has 1 unspecified atom stereocenters. The molecule has 0 aliphatic carbocycles. The molecule has 0 spiro atoms. The predicted molar refractivity (Wildman–Crippen MR) is 73.1 cm³/mol. The van der Waals surface area contributed by atoms with Crippen LogP contribution >= 0.6 is 0 Å². The topological polar surface area (TPSA) is 49.3 Å². The summed E-state index contributed by atoms with van der Waals surface area (Å²) >= 11 is 0. The lowest BCUT2D eigenvalue weighted by Crippen LogP contribution is -2.32. The number of rotatable bonds is 3. The molecular weight excluding hydrogens is 240 g/mol. The van der Waals surface area contributed by atoms with Gasteiger partial charge in [-0.1, -0.05) is 6.92 Å². The number of carbonyl (C=O) groups is 1. The van der Waals surface area contributed by atoms with Gasteiger partial charge in [0.1, 0.15) is 0 Å². The monoisotopic (exact) mass is 260 g/mol. The van der Waals surface area contributed by atoms with Gasteiger partial charge in [0.15, 0.2) is 0 Å². The highest BCUT2D eigenvalue weighted by Gasteiger charge is 2.32. The summed E-state index contributed by atoms with van der Waals surface area (Å²) in [6, 6.07) is 0.261. The molecule has 0 bridgehead atoms. The molecule has 0 N–H and O–H groups in total. The molecule has 1 aromatic heterocycles. The molecule has 1 atom stereocenters. The van der Waals surface area contributed by atoms with Crippen LogP contribution in [0.4, 0.5) is 5.95 Å². The normalized spacial score (nSPS) is 20.0. The van der Waals surface area contributed by atoms with E-state index in [0.717, 1.165) is 31.2 Å². The first kappa shape index (κ1) is 12.4. The van der Waals surface area contributed by atoms with Crippen LogP contribution in [0.1, 0.15) is 49.2 Å². The van der Waals surface area contributed by atoms with Crippen LogP contribution < -0.4 is 4.90 Å². The van der Waals surface area contributed by atoms with Crippen molar-refractivity contribution in [2.24, 2.45) is 0 Å². The summed E-state index contributed by atoms with van der Waals surface area (Å²) in [5.74, 6) is 0.868. The summed E-state index contributed by atoms with van der Waals surface area (Å²) in [5, 5.41) is 0. The van der Waals surface area contributed by atoms with Crippen molar-refractivity contribution in [1.29, 1.82) is 0 Å². The number of fused-ring (bicyclic) bond motifs is 1. The number of nitrogens with zero attached hydrogens (tertiary/aromatic N) is 4. The zero-order chi connectivity index (χ0) is 13.4. The van der Waals surface area contributed by atoms with Crippen molar-refractivity contribution in [2.45, 2.75) is 45.7 Å². The van der Waals surface area contributed by atoms with E-state index in [4.69, 9.17) is 0 Å². The molecule has 1 saturated heterocycles. The van der Waals surface area contributed by atoms with Crippen LogP contribution in [0.2, 0.25) is 0 Å². The van der Waals surface area contributed by atoms with E-state index in [-0.39, 0.29) is 11.9 Å². The van der Waals surface area contributed by atoms with E-state index in [1.807, 2.05) is 4.90 Å². The third-order valence-corrected chi connectivity index (χ3v) is 4.18. The van der Waals surface area contributed by atoms with Crippen LogP contribution in [-0.4, -0.2) is 39.9 Å². The van der Waals surface area contributed by atoms with Gasteiger partial charge in [-0.3, -0.25) is 4.79 Å². The van der Waals surface area contributed by atoms with E-state index in [2.05, 4.69) is 28.7 Å². The fourth-order valence-electron chi connectivity index (χ4n) is 2.74. The van der Waals surface area contributed by atoms with Gasteiger partial charge in [-0.05, 0) is 26.2 Å². The van der Waals surface area contributed by atoms with Crippen molar-refractivity contribution in [2.75, 3.05) is 18.0 Å². The maximum atomic E-state index is 12.3. The van der Waals surface area contributed by atoms with Crippen molar-refractivity contribution in [3.05, 3.63) is 17.5 Å². The van der Waals surface area contributed by atoms with Crippen LogP contribution in [0, 0.1) is 0 Å². The molecule has 19 heavy (non-hydrogen) atoms. The van der Waals surface area contributed by atoms with Crippen LogP contribution in [0.15, 0.2) is 6.20 Å². The fraction of sp³-hybridized carbons (Fsp3) is 0.643. The zero-order valence-corrected chi connectivity index (χ0v) is 11.6. The molecular formula is C14H20N4O. The molecule has 3 heterocycles. The van der Waals surface area contributed by atoms with Crippen molar-refractivity contribution in [1.82, 2.24) is 14.9 Å². The van der Waals surface area contributed by atoms with Gasteiger partial charge < -0.3 is 9.80 Å². The number of anilines is 1. The summed E-state index contributed by atoms with van der Waals surface area (Å²) in [4.78, 5) is 25.3. The SMILES string of the molecule is CCC(C)N1Cc2nc(N3CCCC3)ncc2C1=O. The highest BCUT2D eigenvalue weighted by molar-refractivity contribution is 5.97. The zero-order valence-electron chi connectivity index (χ0n) is 11.6. The minimum atomic E-state index is 0.0809. The van der Waals surface area contributed by atoms with E-state index < -0.39 is 0 Å². The minimum absolute atomic E-state index is 0.0809. The Morgan fingerprint density at radius 2 is 2.11 bits per heavy atom. The van der Waals surface area contributed by atoms with Crippen LogP contribution in [0.3, 0.4) is 0 Å². The van der Waals surface area contributed by atoms with Crippen LogP contribution in [-0.2, 0) is 6.54 Å². The smallest absolute Gasteiger partial charge is 0.257 e. The Morgan fingerprint density at radius 3 is 2.79 bits per heavy atom. The van der Waals surface area contributed by atoms with Gasteiger partial charge in [0, 0.05) is 25.3 Å². The molecule has 1 fully saturated rings. The predicted octanol–water partition coefficient (Wildman–Crippen LogP) is 1.83. The molecule has 1 amide bonds. The van der Waals surface area contributed by atoms with Gasteiger partial charge in [0.2, 0.25) is 5.95 Å². The highest BCUT2D eigenvalue weighted by Crippen LogP contribution is 2.26. The van der Waals surface area contributed by atoms with Crippen molar-refractivity contribution < 1.29 is 4.79 Å². The molecule has 0 aromatic carbocycles. The fourth-order valence-corrected chi connectivity index (χ4v) is 2.74. The Kier molecular flexibility index (Phi) is 3.12. The first-order valence-electron chi connectivity index (χ1n) is 7.12. The lowest BCUT2D eigenvalue weighted by atomic mass is 10.2. The van der Waals surface area contributed by atoms with E-state index >= 15 is 0 Å². The molecule has 3 rings (SSSR count). The number of amides is 1. The summed E-state index contributed by atoms with van der Waals surface area (Å²) in [7, 11) is 0. The standard InChI is InChI=1S/C14H20N4O/c1-3-10(2)18-9-12-11(13(18)19)8-15-14(16-12)17-6-4-5-7-17/h8,10H,3-7,9H2,1-2H3. The third-order valence-electron chi connectivity index (χ3n) is 4.18. The number of aromatic nitrogens is 2. The molecule has 2 aliphatic rings. The van der Waals surface area contributed by atoms with E-state index in [1.165, 1.54) is 12.8 Å². The molecule has 5 heteroatoms. The lowest BCUT2D eigenvalue weighted by Gasteiger charge is -2.22. The Labute approximate surface area is 113 Å². The lowest BCUT2D eigenvalue weighted by molar-refractivity contribution is 0.0712. The van der Waals surface area contributed by atoms with Gasteiger partial charge in [-0.2, -0.15) is 0 Å². The Morgan fingerprint density at radius 1 is 1.37 bits per heavy atom. The molecule has 102 valence electrons. The summed E-state index contributed by atoms with van der Waals surface area (Å²) in [6.07, 6.45) is 5.09. The molecule has 1 aromatic rings. The first-order chi connectivity index (χ1) is 9.20. The highest BCUT2D eigenvalue weighted by atomic mass is 16.2. The van der Waals surface area contributed by atoms with Gasteiger partial charge in [0.25, 0.3) is 5.91 Å². The average molecular weight is 260 g/mol. The second-order valence-corrected chi connectivity index (χ2v) is 5.41. The number of hydrogen-bond acceptors (Lipinski definition) is 4. The summed E-state index contributed by atoms with van der Waals surface area (Å²) in [6.45, 7) is 6.87. The second kappa shape index (κ2) is 4.79.